The summed E-state index contributed by atoms with van der Waals surface area (Å²) in [5.74, 6) is -1.26. The van der Waals surface area contributed by atoms with Crippen molar-refractivity contribution in [1.29, 1.82) is 0 Å². The van der Waals surface area contributed by atoms with Gasteiger partial charge < -0.3 is 15.0 Å². The number of ether oxygens (including phenoxy) is 1. The Morgan fingerprint density at radius 2 is 2.11 bits per heavy atom. The van der Waals surface area contributed by atoms with Crippen LogP contribution in [0.3, 0.4) is 0 Å². The van der Waals surface area contributed by atoms with Gasteiger partial charge in [-0.2, -0.15) is 13.2 Å². The highest BCUT2D eigenvalue weighted by molar-refractivity contribution is 6.30. The molecule has 5 nitrogen and oxygen atoms in total. The van der Waals surface area contributed by atoms with Crippen molar-refractivity contribution in [1.82, 2.24) is 4.90 Å². The number of carbonyl (C=O) groups is 2. The van der Waals surface area contributed by atoms with Crippen LogP contribution < -0.4 is 5.32 Å². The van der Waals surface area contributed by atoms with E-state index in [1.807, 2.05) is 0 Å². The summed E-state index contributed by atoms with van der Waals surface area (Å²) < 4.78 is 48.3. The lowest BCUT2D eigenvalue weighted by Crippen LogP contribution is -2.52. The first-order valence-electron chi connectivity index (χ1n) is 8.31. The fourth-order valence-corrected chi connectivity index (χ4v) is 3.97. The number of nitrogens with zero attached hydrogens (tertiary/aromatic N) is 1. The Kier molecular flexibility index (Phi) is 4.88. The van der Waals surface area contributed by atoms with Crippen LogP contribution in [0.1, 0.15) is 24.8 Å². The first-order chi connectivity index (χ1) is 12.6. The number of esters is 1. The standard InChI is InChI=1S/C18H18ClF3N2O3/c1-24-8-6-11-15(16(24)26)23-13-4-3-10(19)9-12(13)17(11,18(20,21)22)7-5-14(25)27-2/h3-4,9,23H,5-8H2,1-2H3. The Hall–Kier alpha value is -2.22. The summed E-state index contributed by atoms with van der Waals surface area (Å²) in [5.41, 5.74) is -2.55. The summed E-state index contributed by atoms with van der Waals surface area (Å²) in [4.78, 5) is 25.6. The van der Waals surface area contributed by atoms with Crippen molar-refractivity contribution < 1.29 is 27.5 Å². The summed E-state index contributed by atoms with van der Waals surface area (Å²) in [6.07, 6.45) is -5.70. The zero-order valence-electron chi connectivity index (χ0n) is 14.7. The highest BCUT2D eigenvalue weighted by atomic mass is 35.5. The van der Waals surface area contributed by atoms with Gasteiger partial charge in [-0.25, -0.2) is 0 Å². The van der Waals surface area contributed by atoms with E-state index in [0.717, 1.165) is 7.11 Å². The quantitative estimate of drug-likeness (QED) is 0.784. The number of alkyl halides is 3. The van der Waals surface area contributed by atoms with Gasteiger partial charge >= 0.3 is 12.1 Å². The zero-order chi connectivity index (χ0) is 20.0. The zero-order valence-corrected chi connectivity index (χ0v) is 15.5. The van der Waals surface area contributed by atoms with Crippen molar-refractivity contribution in [3.05, 3.63) is 40.1 Å². The summed E-state index contributed by atoms with van der Waals surface area (Å²) in [6.45, 7) is 0.158. The molecule has 1 aromatic carbocycles. The van der Waals surface area contributed by atoms with Crippen LogP contribution in [0.5, 0.6) is 0 Å². The molecule has 0 aromatic heterocycles. The van der Waals surface area contributed by atoms with Crippen molar-refractivity contribution in [3.63, 3.8) is 0 Å². The predicted molar refractivity (Wildman–Crippen MR) is 93.3 cm³/mol. The monoisotopic (exact) mass is 402 g/mol. The Morgan fingerprint density at radius 3 is 2.74 bits per heavy atom. The molecule has 9 heteroatoms. The molecule has 1 amide bonds. The molecule has 3 rings (SSSR count). The number of carbonyl (C=O) groups excluding carboxylic acids is 2. The smallest absolute Gasteiger partial charge is 0.402 e. The van der Waals surface area contributed by atoms with Crippen LogP contribution in [0.25, 0.3) is 0 Å². The molecular weight excluding hydrogens is 385 g/mol. The summed E-state index contributed by atoms with van der Waals surface area (Å²) in [7, 11) is 2.66. The number of rotatable bonds is 3. The molecule has 0 spiro atoms. The second kappa shape index (κ2) is 6.74. The second-order valence-corrected chi connectivity index (χ2v) is 7.06. The Bertz CT molecular complexity index is 838. The molecule has 2 aliphatic rings. The minimum absolute atomic E-state index is 0.0389. The molecule has 2 aliphatic heterocycles. The van der Waals surface area contributed by atoms with Gasteiger partial charge in [0, 0.05) is 30.7 Å². The van der Waals surface area contributed by atoms with Gasteiger partial charge in [0.15, 0.2) is 0 Å². The van der Waals surface area contributed by atoms with Gasteiger partial charge in [-0.05, 0) is 42.2 Å². The lowest BCUT2D eigenvalue weighted by atomic mass is 9.65. The third-order valence-corrected chi connectivity index (χ3v) is 5.43. The van der Waals surface area contributed by atoms with E-state index in [1.165, 1.54) is 30.1 Å². The predicted octanol–water partition coefficient (Wildman–Crippen LogP) is 3.64. The highest BCUT2D eigenvalue weighted by Gasteiger charge is 2.61. The van der Waals surface area contributed by atoms with E-state index in [2.05, 4.69) is 10.1 Å². The van der Waals surface area contributed by atoms with Crippen molar-refractivity contribution in [3.8, 4) is 0 Å². The average molecular weight is 403 g/mol. The van der Waals surface area contributed by atoms with E-state index in [-0.39, 0.29) is 40.5 Å². The molecule has 1 N–H and O–H groups in total. The topological polar surface area (TPSA) is 58.6 Å². The van der Waals surface area contributed by atoms with Crippen LogP contribution in [0.2, 0.25) is 5.02 Å². The Labute approximate surface area is 159 Å². The van der Waals surface area contributed by atoms with E-state index in [4.69, 9.17) is 11.6 Å². The van der Waals surface area contributed by atoms with Crippen LogP contribution in [0, 0.1) is 0 Å². The molecule has 0 saturated heterocycles. The maximum absolute atomic E-state index is 14.6. The Balaban J connectivity index is 2.28. The lowest BCUT2D eigenvalue weighted by molar-refractivity contribution is -0.184. The number of nitrogens with one attached hydrogen (secondary N) is 1. The number of benzene rings is 1. The first-order valence-corrected chi connectivity index (χ1v) is 8.69. The number of hydrogen-bond donors (Lipinski definition) is 1. The summed E-state index contributed by atoms with van der Waals surface area (Å²) in [5, 5.41) is 2.99. The fraction of sp³-hybridized carbons (Fsp3) is 0.444. The third-order valence-electron chi connectivity index (χ3n) is 5.19. The number of fused-ring (bicyclic) bond motifs is 1. The maximum atomic E-state index is 14.6. The first kappa shape index (κ1) is 19.5. The lowest BCUT2D eigenvalue weighted by Gasteiger charge is -2.46. The van der Waals surface area contributed by atoms with E-state index in [1.54, 1.807) is 0 Å². The van der Waals surface area contributed by atoms with Crippen molar-refractivity contribution in [2.45, 2.75) is 30.9 Å². The molecule has 0 aliphatic carbocycles. The number of hydrogen-bond acceptors (Lipinski definition) is 4. The number of amides is 1. The number of anilines is 1. The van der Waals surface area contributed by atoms with Gasteiger partial charge in [-0.3, -0.25) is 9.59 Å². The van der Waals surface area contributed by atoms with Gasteiger partial charge in [0.1, 0.15) is 11.1 Å². The van der Waals surface area contributed by atoms with Crippen LogP contribution in [0.4, 0.5) is 18.9 Å². The molecule has 0 radical (unpaired) electrons. The summed E-state index contributed by atoms with van der Waals surface area (Å²) in [6, 6.07) is 4.13. The van der Waals surface area contributed by atoms with Crippen LogP contribution >= 0.6 is 11.6 Å². The van der Waals surface area contributed by atoms with Gasteiger partial charge in [-0.1, -0.05) is 11.6 Å². The molecule has 146 valence electrons. The number of halogens is 4. The molecule has 0 bridgehead atoms. The average Bonchev–Trinajstić information content (AvgIpc) is 2.61. The van der Waals surface area contributed by atoms with Crippen molar-refractivity contribution >= 4 is 29.2 Å². The van der Waals surface area contributed by atoms with E-state index in [0.29, 0.717) is 0 Å². The van der Waals surface area contributed by atoms with Crippen LogP contribution in [0.15, 0.2) is 29.5 Å². The third kappa shape index (κ3) is 3.05. The van der Waals surface area contributed by atoms with Crippen molar-refractivity contribution in [2.75, 3.05) is 26.0 Å². The van der Waals surface area contributed by atoms with Crippen LogP contribution in [-0.2, 0) is 19.7 Å². The molecule has 0 fully saturated rings. The molecule has 27 heavy (non-hydrogen) atoms. The van der Waals surface area contributed by atoms with Gasteiger partial charge in [0.05, 0.1) is 7.11 Å². The van der Waals surface area contributed by atoms with Crippen molar-refractivity contribution in [2.24, 2.45) is 0 Å². The number of methoxy groups -OCH3 is 1. The van der Waals surface area contributed by atoms with E-state index < -0.39 is 36.3 Å². The Morgan fingerprint density at radius 1 is 1.41 bits per heavy atom. The van der Waals surface area contributed by atoms with Gasteiger partial charge in [0.2, 0.25) is 0 Å². The normalized spacial score (nSPS) is 22.1. The molecule has 2 heterocycles. The summed E-state index contributed by atoms with van der Waals surface area (Å²) >= 11 is 5.99. The fourth-order valence-electron chi connectivity index (χ4n) is 3.80. The largest absolute Gasteiger partial charge is 0.469 e. The molecule has 0 saturated carbocycles. The molecule has 1 unspecified atom stereocenters. The molecule has 1 aromatic rings. The molecular formula is C18H18ClF3N2O3. The minimum atomic E-state index is -4.74. The van der Waals surface area contributed by atoms with Gasteiger partial charge in [-0.15, -0.1) is 0 Å². The van der Waals surface area contributed by atoms with Crippen LogP contribution in [-0.4, -0.2) is 43.7 Å². The maximum Gasteiger partial charge on any atom is 0.402 e. The molecule has 1 atom stereocenters. The van der Waals surface area contributed by atoms with E-state index >= 15 is 0 Å². The van der Waals surface area contributed by atoms with Gasteiger partial charge in [0.25, 0.3) is 5.91 Å². The minimum Gasteiger partial charge on any atom is -0.469 e. The van der Waals surface area contributed by atoms with E-state index in [9.17, 15) is 22.8 Å². The SMILES string of the molecule is COC(=O)CCC1(C(F)(F)F)C2=C(Nc3ccc(Cl)cc31)C(=O)N(C)CC2. The number of likely N-dealkylation sites (N-methyl/N-ethyl adjacent to an activating group) is 1. The highest BCUT2D eigenvalue weighted by Crippen LogP contribution is 2.57. The second-order valence-electron chi connectivity index (χ2n) is 6.62.